The Labute approximate surface area is 220 Å². The van der Waals surface area contributed by atoms with Gasteiger partial charge in [0.25, 0.3) is 5.91 Å². The van der Waals surface area contributed by atoms with Gasteiger partial charge in [-0.3, -0.25) is 9.69 Å². The van der Waals surface area contributed by atoms with Gasteiger partial charge in [0.2, 0.25) is 0 Å². The minimum Gasteiger partial charge on any atom is -0.493 e. The number of carbonyl (C=O) groups excluding carboxylic acids is 1. The number of nitrogens with zero attached hydrogens (tertiary/aromatic N) is 1. The summed E-state index contributed by atoms with van der Waals surface area (Å²) in [5, 5.41) is 2.35. The van der Waals surface area contributed by atoms with Crippen molar-refractivity contribution in [1.29, 1.82) is 0 Å². The van der Waals surface area contributed by atoms with Crippen LogP contribution in [0.5, 0.6) is 11.5 Å². The molecule has 1 aliphatic rings. The summed E-state index contributed by atoms with van der Waals surface area (Å²) in [5.74, 6) is 1.13. The molecule has 0 saturated carbocycles. The van der Waals surface area contributed by atoms with Crippen LogP contribution in [0.2, 0.25) is 0 Å². The fraction of sp³-hybridized carbons (Fsp3) is 0.133. The molecule has 1 aliphatic heterocycles. The predicted molar refractivity (Wildman–Crippen MR) is 153 cm³/mol. The number of carbonyl (C=O) groups is 1. The molecule has 5 rings (SSSR count). The summed E-state index contributed by atoms with van der Waals surface area (Å²) in [7, 11) is 1.61. The fourth-order valence-electron chi connectivity index (χ4n) is 4.35. The van der Waals surface area contributed by atoms with Gasteiger partial charge in [0.05, 0.1) is 17.7 Å². The second-order valence-corrected chi connectivity index (χ2v) is 10.3. The van der Waals surface area contributed by atoms with E-state index in [0.717, 1.165) is 27.9 Å². The Kier molecular flexibility index (Phi) is 6.81. The molecule has 4 nitrogen and oxygen atoms in total. The van der Waals surface area contributed by atoms with E-state index in [1.165, 1.54) is 22.5 Å². The van der Waals surface area contributed by atoms with Crippen molar-refractivity contribution in [2.45, 2.75) is 20.5 Å². The van der Waals surface area contributed by atoms with Crippen molar-refractivity contribution < 1.29 is 14.3 Å². The number of hydrogen-bond donors (Lipinski definition) is 0. The second-order valence-electron chi connectivity index (χ2n) is 8.64. The molecule has 1 saturated heterocycles. The van der Waals surface area contributed by atoms with Crippen LogP contribution >= 0.6 is 24.0 Å². The van der Waals surface area contributed by atoms with Crippen LogP contribution in [0.25, 0.3) is 16.8 Å². The highest BCUT2D eigenvalue weighted by molar-refractivity contribution is 8.27. The number of benzene rings is 4. The van der Waals surface area contributed by atoms with Gasteiger partial charge in [-0.15, -0.1) is 0 Å². The average Bonchev–Trinajstić information content (AvgIpc) is 3.15. The van der Waals surface area contributed by atoms with Crippen LogP contribution < -0.4 is 14.4 Å². The molecule has 0 unspecified atom stereocenters. The maximum atomic E-state index is 13.2. The van der Waals surface area contributed by atoms with E-state index in [1.807, 2.05) is 68.5 Å². The number of ether oxygens (including phenoxy) is 2. The molecule has 36 heavy (non-hydrogen) atoms. The first-order valence-electron chi connectivity index (χ1n) is 11.6. The smallest absolute Gasteiger partial charge is 0.270 e. The summed E-state index contributed by atoms with van der Waals surface area (Å²) in [6.07, 6.45) is 1.85. The van der Waals surface area contributed by atoms with Gasteiger partial charge in [0.1, 0.15) is 6.61 Å². The lowest BCUT2D eigenvalue weighted by molar-refractivity contribution is -0.113. The third-order valence-corrected chi connectivity index (χ3v) is 7.44. The first-order valence-corrected chi connectivity index (χ1v) is 12.8. The van der Waals surface area contributed by atoms with Gasteiger partial charge in [0.15, 0.2) is 15.8 Å². The van der Waals surface area contributed by atoms with Gasteiger partial charge in [-0.05, 0) is 65.6 Å². The SMILES string of the molecule is COc1cc(/C=C2/SC(=S)N(c3ccc(C)cc3C)C2=O)ccc1OCc1cccc2ccccc12. The number of rotatable bonds is 6. The molecule has 4 aromatic rings. The Morgan fingerprint density at radius 2 is 1.75 bits per heavy atom. The molecule has 0 bridgehead atoms. The molecule has 0 atom stereocenters. The number of aryl methyl sites for hydroxylation is 2. The van der Waals surface area contributed by atoms with Crippen LogP contribution in [-0.2, 0) is 11.4 Å². The average molecular weight is 512 g/mol. The first kappa shape index (κ1) is 24.1. The van der Waals surface area contributed by atoms with Crippen LogP contribution in [0.4, 0.5) is 5.69 Å². The Balaban J connectivity index is 1.37. The molecular formula is C30H25NO3S2. The standard InChI is InChI=1S/C30H25NO3S2/c1-19-11-13-25(20(2)15-19)31-29(32)28(36-30(31)35)17-21-12-14-26(27(16-21)33-3)34-18-23-9-6-8-22-7-4-5-10-24(22)23/h4-17H,18H2,1-3H3/b28-17+. The maximum Gasteiger partial charge on any atom is 0.270 e. The van der Waals surface area contributed by atoms with E-state index in [1.54, 1.807) is 12.0 Å². The molecule has 1 amide bonds. The lowest BCUT2D eigenvalue weighted by Crippen LogP contribution is -2.28. The normalized spacial score (nSPS) is 14.6. The van der Waals surface area contributed by atoms with Crippen molar-refractivity contribution in [1.82, 2.24) is 0 Å². The zero-order chi connectivity index (χ0) is 25.2. The van der Waals surface area contributed by atoms with Crippen molar-refractivity contribution in [3.05, 3.63) is 106 Å². The van der Waals surface area contributed by atoms with Gasteiger partial charge in [0, 0.05) is 0 Å². The molecule has 0 aromatic heterocycles. The quantitative estimate of drug-likeness (QED) is 0.199. The van der Waals surface area contributed by atoms with Crippen molar-refractivity contribution in [3.63, 3.8) is 0 Å². The third kappa shape index (κ3) is 4.74. The maximum absolute atomic E-state index is 13.2. The summed E-state index contributed by atoms with van der Waals surface area (Å²) in [4.78, 5) is 15.4. The highest BCUT2D eigenvalue weighted by atomic mass is 32.2. The fourth-order valence-corrected chi connectivity index (χ4v) is 5.63. The van der Waals surface area contributed by atoms with E-state index in [0.29, 0.717) is 27.3 Å². The Morgan fingerprint density at radius 1 is 0.944 bits per heavy atom. The van der Waals surface area contributed by atoms with E-state index in [-0.39, 0.29) is 5.91 Å². The summed E-state index contributed by atoms with van der Waals surface area (Å²) >= 11 is 6.86. The highest BCUT2D eigenvalue weighted by Gasteiger charge is 2.34. The summed E-state index contributed by atoms with van der Waals surface area (Å²) in [6, 6.07) is 26.1. The second kappa shape index (κ2) is 10.2. The number of thiocarbonyl (C=S) groups is 1. The van der Waals surface area contributed by atoms with E-state index in [4.69, 9.17) is 21.7 Å². The van der Waals surface area contributed by atoms with Gasteiger partial charge in [-0.25, -0.2) is 0 Å². The number of anilines is 1. The third-order valence-electron chi connectivity index (χ3n) is 6.14. The molecule has 0 N–H and O–H groups in total. The van der Waals surface area contributed by atoms with Crippen molar-refractivity contribution in [2.24, 2.45) is 0 Å². The molecule has 0 spiro atoms. The predicted octanol–water partition coefficient (Wildman–Crippen LogP) is 7.45. The Bertz CT molecular complexity index is 1520. The lowest BCUT2D eigenvalue weighted by Gasteiger charge is -2.17. The molecule has 180 valence electrons. The van der Waals surface area contributed by atoms with Crippen LogP contribution in [0.3, 0.4) is 0 Å². The first-order chi connectivity index (χ1) is 17.4. The molecule has 0 radical (unpaired) electrons. The van der Waals surface area contributed by atoms with Crippen molar-refractivity contribution >= 4 is 56.7 Å². The zero-order valence-electron chi connectivity index (χ0n) is 20.3. The molecule has 1 heterocycles. The van der Waals surface area contributed by atoms with Crippen molar-refractivity contribution in [3.8, 4) is 11.5 Å². The van der Waals surface area contributed by atoms with E-state index >= 15 is 0 Å². The number of hydrogen-bond acceptors (Lipinski definition) is 5. The minimum absolute atomic E-state index is 0.118. The Hall–Kier alpha value is -3.61. The Morgan fingerprint density at radius 3 is 2.56 bits per heavy atom. The largest absolute Gasteiger partial charge is 0.493 e. The van der Waals surface area contributed by atoms with Crippen LogP contribution in [0, 0.1) is 13.8 Å². The van der Waals surface area contributed by atoms with Crippen LogP contribution in [-0.4, -0.2) is 17.3 Å². The van der Waals surface area contributed by atoms with E-state index < -0.39 is 0 Å². The minimum atomic E-state index is -0.118. The van der Waals surface area contributed by atoms with Gasteiger partial charge < -0.3 is 9.47 Å². The molecule has 0 aliphatic carbocycles. The van der Waals surface area contributed by atoms with Gasteiger partial charge in [-0.2, -0.15) is 0 Å². The van der Waals surface area contributed by atoms with Crippen molar-refractivity contribution in [2.75, 3.05) is 12.0 Å². The van der Waals surface area contributed by atoms with Crippen LogP contribution in [0.15, 0.2) is 83.8 Å². The monoisotopic (exact) mass is 511 g/mol. The number of thioether (sulfide) groups is 1. The number of amides is 1. The molecule has 1 fully saturated rings. The van der Waals surface area contributed by atoms with Gasteiger partial charge in [-0.1, -0.05) is 90.2 Å². The number of methoxy groups -OCH3 is 1. The summed E-state index contributed by atoms with van der Waals surface area (Å²) in [6.45, 7) is 4.45. The molecular weight excluding hydrogens is 486 g/mol. The summed E-state index contributed by atoms with van der Waals surface area (Å²) < 4.78 is 12.3. The topological polar surface area (TPSA) is 38.8 Å². The zero-order valence-corrected chi connectivity index (χ0v) is 21.9. The highest BCUT2D eigenvalue weighted by Crippen LogP contribution is 2.38. The van der Waals surface area contributed by atoms with Gasteiger partial charge >= 0.3 is 0 Å². The lowest BCUT2D eigenvalue weighted by atomic mass is 10.1. The molecule has 4 aromatic carbocycles. The number of fused-ring (bicyclic) bond motifs is 1. The summed E-state index contributed by atoms with van der Waals surface area (Å²) in [5.41, 5.74) is 4.93. The van der Waals surface area contributed by atoms with Crippen LogP contribution in [0.1, 0.15) is 22.3 Å². The molecule has 6 heteroatoms. The van der Waals surface area contributed by atoms with E-state index in [2.05, 4.69) is 30.3 Å². The van der Waals surface area contributed by atoms with E-state index in [9.17, 15) is 4.79 Å².